The van der Waals surface area contributed by atoms with Gasteiger partial charge in [-0.25, -0.2) is 9.79 Å². The average Bonchev–Trinajstić information content (AvgIpc) is 2.85. The minimum atomic E-state index is -0.442. The summed E-state index contributed by atoms with van der Waals surface area (Å²) in [6.07, 6.45) is 1.69. The van der Waals surface area contributed by atoms with Crippen LogP contribution in [0.3, 0.4) is 0 Å². The molecule has 0 spiro atoms. The zero-order valence-electron chi connectivity index (χ0n) is 12.3. The Balaban J connectivity index is 1.94. The van der Waals surface area contributed by atoms with Crippen LogP contribution in [-0.4, -0.2) is 11.9 Å². The number of cyclic esters (lactones) is 1. The summed E-state index contributed by atoms with van der Waals surface area (Å²) in [4.78, 5) is 16.3. The fourth-order valence-corrected chi connectivity index (χ4v) is 2.25. The van der Waals surface area contributed by atoms with Crippen LogP contribution in [0.2, 0.25) is 5.02 Å². The molecule has 3 nitrogen and oxygen atoms in total. The van der Waals surface area contributed by atoms with Gasteiger partial charge in [-0.3, -0.25) is 0 Å². The van der Waals surface area contributed by atoms with Gasteiger partial charge in [0.25, 0.3) is 0 Å². The molecular formula is C18H14ClNO2. The minimum absolute atomic E-state index is 0.288. The quantitative estimate of drug-likeness (QED) is 0.612. The highest BCUT2D eigenvalue weighted by molar-refractivity contribution is 6.30. The predicted molar refractivity (Wildman–Crippen MR) is 88.0 cm³/mol. The van der Waals surface area contributed by atoms with Crippen molar-refractivity contribution in [1.29, 1.82) is 0 Å². The molecule has 0 amide bonds. The molecule has 0 radical (unpaired) electrons. The standard InChI is InChI=1S/C18H14ClNO2/c1-11-3-6-14(9-12(11)2)17-20-16(18(21)22-17)10-13-4-7-15(19)8-5-13/h3-10H,1-2H3. The molecule has 0 saturated carbocycles. The second-order valence-electron chi connectivity index (χ2n) is 5.19. The maximum atomic E-state index is 12.0. The Labute approximate surface area is 133 Å². The van der Waals surface area contributed by atoms with Gasteiger partial charge in [0.2, 0.25) is 5.90 Å². The van der Waals surface area contributed by atoms with E-state index in [0.717, 1.165) is 16.7 Å². The summed E-state index contributed by atoms with van der Waals surface area (Å²) in [5.74, 6) is -0.100. The number of hydrogen-bond donors (Lipinski definition) is 0. The Morgan fingerprint density at radius 2 is 1.77 bits per heavy atom. The molecule has 0 aliphatic carbocycles. The van der Waals surface area contributed by atoms with Crippen molar-refractivity contribution in [2.75, 3.05) is 0 Å². The van der Waals surface area contributed by atoms with E-state index in [0.29, 0.717) is 10.9 Å². The fraction of sp³-hybridized carbons (Fsp3) is 0.111. The number of hydrogen-bond acceptors (Lipinski definition) is 3. The molecule has 0 atom stereocenters. The van der Waals surface area contributed by atoms with Crippen molar-refractivity contribution in [3.05, 3.63) is 75.4 Å². The summed E-state index contributed by atoms with van der Waals surface area (Å²) >= 11 is 5.85. The summed E-state index contributed by atoms with van der Waals surface area (Å²) in [6.45, 7) is 4.05. The summed E-state index contributed by atoms with van der Waals surface area (Å²) in [6, 6.07) is 13.0. The van der Waals surface area contributed by atoms with Crippen molar-refractivity contribution in [2.45, 2.75) is 13.8 Å². The third kappa shape index (κ3) is 2.95. The van der Waals surface area contributed by atoms with Gasteiger partial charge in [0.15, 0.2) is 5.70 Å². The molecule has 2 aromatic rings. The third-order valence-electron chi connectivity index (χ3n) is 3.55. The van der Waals surface area contributed by atoms with Crippen molar-refractivity contribution in [3.8, 4) is 0 Å². The SMILES string of the molecule is Cc1ccc(C2=NC(=Cc3ccc(Cl)cc3)C(=O)O2)cc1C. The molecule has 0 N–H and O–H groups in total. The zero-order valence-corrected chi connectivity index (χ0v) is 13.0. The number of carbonyl (C=O) groups is 1. The summed E-state index contributed by atoms with van der Waals surface area (Å²) in [5.41, 5.74) is 4.25. The molecule has 1 aliphatic heterocycles. The van der Waals surface area contributed by atoms with E-state index < -0.39 is 5.97 Å². The first-order chi connectivity index (χ1) is 10.5. The van der Waals surface area contributed by atoms with Crippen LogP contribution in [0.1, 0.15) is 22.3 Å². The molecule has 1 heterocycles. The number of halogens is 1. The van der Waals surface area contributed by atoms with E-state index in [1.54, 1.807) is 18.2 Å². The van der Waals surface area contributed by atoms with Gasteiger partial charge in [-0.05, 0) is 60.9 Å². The first-order valence-corrected chi connectivity index (χ1v) is 7.26. The normalized spacial score (nSPS) is 15.9. The number of nitrogens with zero attached hydrogens (tertiary/aromatic N) is 1. The maximum absolute atomic E-state index is 12.0. The van der Waals surface area contributed by atoms with Crippen molar-refractivity contribution in [3.63, 3.8) is 0 Å². The van der Waals surface area contributed by atoms with E-state index in [1.807, 2.05) is 44.2 Å². The molecule has 110 valence electrons. The molecular weight excluding hydrogens is 298 g/mol. The monoisotopic (exact) mass is 311 g/mol. The predicted octanol–water partition coefficient (Wildman–Crippen LogP) is 4.30. The molecule has 0 saturated heterocycles. The Kier molecular flexibility index (Phi) is 3.82. The van der Waals surface area contributed by atoms with E-state index in [2.05, 4.69) is 4.99 Å². The second-order valence-corrected chi connectivity index (χ2v) is 5.62. The molecule has 0 bridgehead atoms. The molecule has 1 aliphatic rings. The maximum Gasteiger partial charge on any atom is 0.363 e. The van der Waals surface area contributed by atoms with Gasteiger partial charge in [0.1, 0.15) is 0 Å². The van der Waals surface area contributed by atoms with Crippen LogP contribution in [0.5, 0.6) is 0 Å². The summed E-state index contributed by atoms with van der Waals surface area (Å²) < 4.78 is 5.27. The van der Waals surface area contributed by atoms with Crippen molar-refractivity contribution < 1.29 is 9.53 Å². The van der Waals surface area contributed by atoms with Crippen molar-refractivity contribution in [1.82, 2.24) is 0 Å². The average molecular weight is 312 g/mol. The van der Waals surface area contributed by atoms with Crippen LogP contribution in [0, 0.1) is 13.8 Å². The van der Waals surface area contributed by atoms with Gasteiger partial charge in [-0.2, -0.15) is 0 Å². The number of esters is 1. The lowest BCUT2D eigenvalue weighted by Crippen LogP contribution is -2.05. The number of carbonyl (C=O) groups excluding carboxylic acids is 1. The minimum Gasteiger partial charge on any atom is -0.402 e. The van der Waals surface area contributed by atoms with E-state index in [4.69, 9.17) is 16.3 Å². The molecule has 22 heavy (non-hydrogen) atoms. The van der Waals surface area contributed by atoms with E-state index >= 15 is 0 Å². The van der Waals surface area contributed by atoms with Crippen LogP contribution in [-0.2, 0) is 9.53 Å². The van der Waals surface area contributed by atoms with Gasteiger partial charge in [-0.1, -0.05) is 29.8 Å². The Morgan fingerprint density at radius 1 is 1.05 bits per heavy atom. The van der Waals surface area contributed by atoms with E-state index in [1.165, 1.54) is 5.56 Å². The van der Waals surface area contributed by atoms with Gasteiger partial charge in [0.05, 0.1) is 0 Å². The largest absolute Gasteiger partial charge is 0.402 e. The zero-order chi connectivity index (χ0) is 15.7. The fourth-order valence-electron chi connectivity index (χ4n) is 2.12. The summed E-state index contributed by atoms with van der Waals surface area (Å²) in [5, 5.41) is 0.649. The first kappa shape index (κ1) is 14.5. The molecule has 3 rings (SSSR count). The Bertz CT molecular complexity index is 804. The number of benzene rings is 2. The van der Waals surface area contributed by atoms with Crippen LogP contribution in [0.25, 0.3) is 6.08 Å². The van der Waals surface area contributed by atoms with Gasteiger partial charge < -0.3 is 4.74 Å². The van der Waals surface area contributed by atoms with E-state index in [9.17, 15) is 4.79 Å². The number of aryl methyl sites for hydroxylation is 2. The van der Waals surface area contributed by atoms with Crippen LogP contribution >= 0.6 is 11.6 Å². The molecule has 4 heteroatoms. The Hall–Kier alpha value is -2.39. The van der Waals surface area contributed by atoms with Crippen LogP contribution in [0.15, 0.2) is 53.2 Å². The second kappa shape index (κ2) is 5.78. The van der Waals surface area contributed by atoms with Crippen LogP contribution < -0.4 is 0 Å². The molecule has 0 unspecified atom stereocenters. The lowest BCUT2D eigenvalue weighted by Gasteiger charge is -2.03. The highest BCUT2D eigenvalue weighted by Crippen LogP contribution is 2.21. The van der Waals surface area contributed by atoms with Gasteiger partial charge in [-0.15, -0.1) is 0 Å². The number of rotatable bonds is 2. The molecule has 0 aromatic heterocycles. The third-order valence-corrected chi connectivity index (χ3v) is 3.80. The van der Waals surface area contributed by atoms with Gasteiger partial charge >= 0.3 is 5.97 Å². The van der Waals surface area contributed by atoms with E-state index in [-0.39, 0.29) is 5.70 Å². The smallest absolute Gasteiger partial charge is 0.363 e. The molecule has 2 aromatic carbocycles. The lowest BCUT2D eigenvalue weighted by atomic mass is 10.1. The lowest BCUT2D eigenvalue weighted by molar-refractivity contribution is -0.129. The topological polar surface area (TPSA) is 38.7 Å². The number of ether oxygens (including phenoxy) is 1. The highest BCUT2D eigenvalue weighted by atomic mass is 35.5. The first-order valence-electron chi connectivity index (χ1n) is 6.89. The van der Waals surface area contributed by atoms with Crippen molar-refractivity contribution in [2.24, 2.45) is 4.99 Å². The van der Waals surface area contributed by atoms with Gasteiger partial charge in [0, 0.05) is 10.6 Å². The Morgan fingerprint density at radius 3 is 2.45 bits per heavy atom. The number of aliphatic imine (C=N–C) groups is 1. The summed E-state index contributed by atoms with van der Waals surface area (Å²) in [7, 11) is 0. The van der Waals surface area contributed by atoms with Crippen LogP contribution in [0.4, 0.5) is 0 Å². The van der Waals surface area contributed by atoms with Crippen molar-refractivity contribution >= 4 is 29.5 Å². The molecule has 0 fully saturated rings. The highest BCUT2D eigenvalue weighted by Gasteiger charge is 2.24.